The molecule has 1 fully saturated rings. The molecular formula is C19H24N4O. The van der Waals surface area contributed by atoms with Gasteiger partial charge in [0, 0.05) is 37.9 Å². The van der Waals surface area contributed by atoms with Crippen molar-refractivity contribution in [2.75, 3.05) is 6.54 Å². The lowest BCUT2D eigenvalue weighted by Crippen LogP contribution is -2.39. The molecule has 1 atom stereocenters. The van der Waals surface area contributed by atoms with Gasteiger partial charge in [0.2, 0.25) is 0 Å². The van der Waals surface area contributed by atoms with E-state index in [1.165, 1.54) is 25.7 Å². The lowest BCUT2D eigenvalue weighted by Gasteiger charge is -2.34. The van der Waals surface area contributed by atoms with Gasteiger partial charge in [-0.25, -0.2) is 4.98 Å². The molecule has 1 aliphatic heterocycles. The van der Waals surface area contributed by atoms with Crippen LogP contribution in [0.2, 0.25) is 0 Å². The number of amides is 1. The Morgan fingerprint density at radius 3 is 2.79 bits per heavy atom. The van der Waals surface area contributed by atoms with E-state index in [0.29, 0.717) is 5.92 Å². The molecule has 1 unspecified atom stereocenters. The number of carbonyl (C=O) groups excluding carboxylic acids is 1. The molecule has 0 saturated heterocycles. The summed E-state index contributed by atoms with van der Waals surface area (Å²) in [5, 5.41) is 0. The van der Waals surface area contributed by atoms with Crippen LogP contribution >= 0.6 is 0 Å². The second kappa shape index (κ2) is 6.38. The summed E-state index contributed by atoms with van der Waals surface area (Å²) in [4.78, 5) is 24.2. The fourth-order valence-electron chi connectivity index (χ4n) is 4.27. The van der Waals surface area contributed by atoms with Crippen molar-refractivity contribution >= 4 is 5.91 Å². The number of pyridine rings is 1. The van der Waals surface area contributed by atoms with Gasteiger partial charge < -0.3 is 9.47 Å². The molecule has 2 aromatic rings. The third kappa shape index (κ3) is 2.62. The molecule has 1 saturated carbocycles. The van der Waals surface area contributed by atoms with Crippen LogP contribution in [-0.2, 0) is 6.54 Å². The number of aromatic nitrogens is 3. The quantitative estimate of drug-likeness (QED) is 0.851. The predicted molar refractivity (Wildman–Crippen MR) is 91.6 cm³/mol. The Morgan fingerprint density at radius 2 is 2.00 bits per heavy atom. The van der Waals surface area contributed by atoms with E-state index < -0.39 is 0 Å². The molecule has 1 amide bonds. The van der Waals surface area contributed by atoms with Crippen molar-refractivity contribution in [3.05, 3.63) is 47.8 Å². The van der Waals surface area contributed by atoms with Crippen molar-refractivity contribution in [3.63, 3.8) is 0 Å². The van der Waals surface area contributed by atoms with Crippen LogP contribution in [-0.4, -0.2) is 31.9 Å². The maximum atomic E-state index is 13.3. The van der Waals surface area contributed by atoms with Crippen LogP contribution in [0.4, 0.5) is 0 Å². The minimum Gasteiger partial charge on any atom is -0.333 e. The van der Waals surface area contributed by atoms with Crippen molar-refractivity contribution in [3.8, 4) is 0 Å². The van der Waals surface area contributed by atoms with Gasteiger partial charge in [-0.1, -0.05) is 12.8 Å². The Labute approximate surface area is 142 Å². The molecule has 0 N–H and O–H groups in total. The summed E-state index contributed by atoms with van der Waals surface area (Å²) in [6, 6.07) is 2.01. The highest BCUT2D eigenvalue weighted by molar-refractivity contribution is 5.95. The van der Waals surface area contributed by atoms with E-state index in [1.807, 2.05) is 19.2 Å². The topological polar surface area (TPSA) is 51.0 Å². The van der Waals surface area contributed by atoms with E-state index in [0.717, 1.165) is 36.5 Å². The minimum atomic E-state index is 0.0945. The molecule has 5 nitrogen and oxygen atoms in total. The first-order chi connectivity index (χ1) is 11.8. The molecule has 2 aromatic heterocycles. The number of aryl methyl sites for hydroxylation is 2. The smallest absolute Gasteiger partial charge is 0.256 e. The van der Waals surface area contributed by atoms with Gasteiger partial charge in [0.25, 0.3) is 5.91 Å². The molecule has 0 spiro atoms. The average Bonchev–Trinajstić information content (AvgIpc) is 3.24. The van der Waals surface area contributed by atoms with Gasteiger partial charge in [0.15, 0.2) is 0 Å². The molecule has 2 aliphatic rings. The molecule has 0 aromatic carbocycles. The van der Waals surface area contributed by atoms with E-state index in [1.54, 1.807) is 12.4 Å². The van der Waals surface area contributed by atoms with Gasteiger partial charge in [0.1, 0.15) is 5.82 Å². The lowest BCUT2D eigenvalue weighted by molar-refractivity contribution is 0.0602. The van der Waals surface area contributed by atoms with Crippen molar-refractivity contribution in [2.45, 2.75) is 51.6 Å². The van der Waals surface area contributed by atoms with Crippen molar-refractivity contribution in [1.29, 1.82) is 0 Å². The van der Waals surface area contributed by atoms with E-state index in [-0.39, 0.29) is 11.9 Å². The standard InChI is InChI=1S/C19H24N4O/c1-14-7-8-20-13-16(14)19(24)23-11-4-10-22-12-9-21-18(22)17(23)15-5-2-3-6-15/h7-9,12-13,15,17H,2-6,10-11H2,1H3. The van der Waals surface area contributed by atoms with Crippen molar-refractivity contribution < 1.29 is 4.79 Å². The number of imidazole rings is 1. The van der Waals surface area contributed by atoms with Crippen LogP contribution in [0.25, 0.3) is 0 Å². The lowest BCUT2D eigenvalue weighted by atomic mass is 9.95. The first-order valence-electron chi connectivity index (χ1n) is 8.98. The average molecular weight is 324 g/mol. The zero-order valence-corrected chi connectivity index (χ0v) is 14.2. The monoisotopic (exact) mass is 324 g/mol. The van der Waals surface area contributed by atoms with Gasteiger partial charge in [-0.15, -0.1) is 0 Å². The van der Waals surface area contributed by atoms with Crippen LogP contribution in [0.1, 0.15) is 59.9 Å². The number of fused-ring (bicyclic) bond motifs is 1. The van der Waals surface area contributed by atoms with Crippen LogP contribution in [0.3, 0.4) is 0 Å². The number of nitrogens with zero attached hydrogens (tertiary/aromatic N) is 4. The normalized spacial score (nSPS) is 21.5. The Morgan fingerprint density at radius 1 is 1.17 bits per heavy atom. The maximum absolute atomic E-state index is 13.3. The minimum absolute atomic E-state index is 0.0945. The van der Waals surface area contributed by atoms with Crippen LogP contribution in [0.15, 0.2) is 30.9 Å². The molecule has 126 valence electrons. The Balaban J connectivity index is 1.74. The molecule has 4 rings (SSSR count). The van der Waals surface area contributed by atoms with Gasteiger partial charge >= 0.3 is 0 Å². The van der Waals surface area contributed by atoms with E-state index in [4.69, 9.17) is 0 Å². The van der Waals surface area contributed by atoms with Crippen LogP contribution in [0, 0.1) is 12.8 Å². The summed E-state index contributed by atoms with van der Waals surface area (Å²) in [7, 11) is 0. The Bertz CT molecular complexity index is 732. The van der Waals surface area contributed by atoms with Gasteiger partial charge in [0.05, 0.1) is 11.6 Å². The summed E-state index contributed by atoms with van der Waals surface area (Å²) < 4.78 is 2.24. The van der Waals surface area contributed by atoms with E-state index in [2.05, 4.69) is 25.6 Å². The van der Waals surface area contributed by atoms with Crippen LogP contribution in [0.5, 0.6) is 0 Å². The van der Waals surface area contributed by atoms with E-state index >= 15 is 0 Å². The zero-order chi connectivity index (χ0) is 16.5. The Kier molecular flexibility index (Phi) is 4.08. The first-order valence-corrected chi connectivity index (χ1v) is 8.98. The number of carbonyl (C=O) groups is 1. The molecular weight excluding hydrogens is 300 g/mol. The summed E-state index contributed by atoms with van der Waals surface area (Å²) in [5.41, 5.74) is 1.72. The summed E-state index contributed by atoms with van der Waals surface area (Å²) in [5.74, 6) is 1.69. The van der Waals surface area contributed by atoms with Gasteiger partial charge in [-0.3, -0.25) is 9.78 Å². The predicted octanol–water partition coefficient (Wildman–Crippen LogP) is 3.36. The zero-order valence-electron chi connectivity index (χ0n) is 14.2. The van der Waals surface area contributed by atoms with Crippen LogP contribution < -0.4 is 0 Å². The highest BCUT2D eigenvalue weighted by Gasteiger charge is 2.38. The largest absolute Gasteiger partial charge is 0.333 e. The third-order valence-electron chi connectivity index (χ3n) is 5.52. The van der Waals surface area contributed by atoms with Gasteiger partial charge in [-0.2, -0.15) is 0 Å². The first kappa shape index (κ1) is 15.4. The summed E-state index contributed by atoms with van der Waals surface area (Å²) in [6.45, 7) is 3.71. The number of rotatable bonds is 2. The second-order valence-corrected chi connectivity index (χ2v) is 7.01. The fraction of sp³-hybridized carbons (Fsp3) is 0.526. The summed E-state index contributed by atoms with van der Waals surface area (Å²) in [6.07, 6.45) is 13.3. The molecule has 1 aliphatic carbocycles. The number of hydrogen-bond donors (Lipinski definition) is 0. The van der Waals surface area contributed by atoms with Crippen molar-refractivity contribution in [2.24, 2.45) is 5.92 Å². The highest BCUT2D eigenvalue weighted by atomic mass is 16.2. The molecule has 3 heterocycles. The maximum Gasteiger partial charge on any atom is 0.256 e. The fourth-order valence-corrected chi connectivity index (χ4v) is 4.27. The van der Waals surface area contributed by atoms with Gasteiger partial charge in [-0.05, 0) is 43.7 Å². The third-order valence-corrected chi connectivity index (χ3v) is 5.52. The molecule has 5 heteroatoms. The Hall–Kier alpha value is -2.17. The molecule has 0 bridgehead atoms. The second-order valence-electron chi connectivity index (χ2n) is 7.01. The number of hydrogen-bond acceptors (Lipinski definition) is 3. The highest BCUT2D eigenvalue weighted by Crippen LogP contribution is 2.40. The SMILES string of the molecule is Cc1ccncc1C(=O)N1CCCn2ccnc2C1C1CCCC1. The molecule has 24 heavy (non-hydrogen) atoms. The van der Waals surface area contributed by atoms with E-state index in [9.17, 15) is 4.79 Å². The van der Waals surface area contributed by atoms with Crippen molar-refractivity contribution in [1.82, 2.24) is 19.4 Å². The summed E-state index contributed by atoms with van der Waals surface area (Å²) >= 11 is 0. The molecule has 0 radical (unpaired) electrons.